The Hall–Kier alpha value is -0.790. The highest BCUT2D eigenvalue weighted by Crippen LogP contribution is 2.17. The Bertz CT molecular complexity index is 261. The SMILES string of the molecule is CCC[n+]1ccn(C(C)(C)CC)c1. The Morgan fingerprint density at radius 3 is 2.54 bits per heavy atom. The predicted molar refractivity (Wildman–Crippen MR) is 54.5 cm³/mol. The summed E-state index contributed by atoms with van der Waals surface area (Å²) in [4.78, 5) is 0. The summed E-state index contributed by atoms with van der Waals surface area (Å²) in [6, 6.07) is 0. The van der Waals surface area contributed by atoms with Crippen molar-refractivity contribution in [1.29, 1.82) is 0 Å². The van der Waals surface area contributed by atoms with Crippen molar-refractivity contribution in [3.8, 4) is 0 Å². The molecule has 0 radical (unpaired) electrons. The van der Waals surface area contributed by atoms with Crippen LogP contribution in [-0.4, -0.2) is 4.57 Å². The molecule has 74 valence electrons. The van der Waals surface area contributed by atoms with Crippen LogP contribution >= 0.6 is 0 Å². The fourth-order valence-electron chi connectivity index (χ4n) is 1.33. The van der Waals surface area contributed by atoms with E-state index in [9.17, 15) is 0 Å². The Morgan fingerprint density at radius 1 is 1.31 bits per heavy atom. The highest BCUT2D eigenvalue weighted by atomic mass is 15.1. The zero-order valence-corrected chi connectivity index (χ0v) is 9.25. The van der Waals surface area contributed by atoms with Crippen molar-refractivity contribution in [2.75, 3.05) is 0 Å². The molecule has 2 nitrogen and oxygen atoms in total. The van der Waals surface area contributed by atoms with Gasteiger partial charge in [0, 0.05) is 0 Å². The maximum absolute atomic E-state index is 2.29. The third-order valence-electron chi connectivity index (χ3n) is 2.74. The third-order valence-corrected chi connectivity index (χ3v) is 2.74. The standard InChI is InChI=1S/C11H21N2/c1-5-7-12-8-9-13(10-12)11(3,4)6-2/h8-10H,5-7H2,1-4H3/q+1. The van der Waals surface area contributed by atoms with Crippen LogP contribution in [0.4, 0.5) is 0 Å². The molecular weight excluding hydrogens is 160 g/mol. The predicted octanol–water partition coefficient (Wildman–Crippen LogP) is 2.33. The lowest BCUT2D eigenvalue weighted by Crippen LogP contribution is -2.32. The molecule has 1 aromatic rings. The topological polar surface area (TPSA) is 8.81 Å². The minimum absolute atomic E-state index is 0.249. The second kappa shape index (κ2) is 3.95. The molecule has 0 unspecified atom stereocenters. The Kier molecular flexibility index (Phi) is 3.12. The molecule has 13 heavy (non-hydrogen) atoms. The van der Waals surface area contributed by atoms with Crippen molar-refractivity contribution in [3.63, 3.8) is 0 Å². The monoisotopic (exact) mass is 181 g/mol. The summed E-state index contributed by atoms with van der Waals surface area (Å²) < 4.78 is 4.54. The summed E-state index contributed by atoms with van der Waals surface area (Å²) in [6.45, 7) is 10.1. The van der Waals surface area contributed by atoms with Gasteiger partial charge < -0.3 is 0 Å². The third kappa shape index (κ3) is 2.33. The molecule has 0 N–H and O–H groups in total. The van der Waals surface area contributed by atoms with E-state index in [1.165, 1.54) is 6.42 Å². The second-order valence-electron chi connectivity index (χ2n) is 4.22. The van der Waals surface area contributed by atoms with Crippen molar-refractivity contribution < 1.29 is 4.57 Å². The fourth-order valence-corrected chi connectivity index (χ4v) is 1.33. The van der Waals surface area contributed by atoms with E-state index in [1.54, 1.807) is 0 Å². The first-order chi connectivity index (χ1) is 6.10. The van der Waals surface area contributed by atoms with Gasteiger partial charge in [-0.3, -0.25) is 0 Å². The maximum atomic E-state index is 2.29. The van der Waals surface area contributed by atoms with Gasteiger partial charge in [-0.2, -0.15) is 0 Å². The number of nitrogens with zero attached hydrogens (tertiary/aromatic N) is 2. The Morgan fingerprint density at radius 2 is 2.00 bits per heavy atom. The molecule has 0 atom stereocenters. The van der Waals surface area contributed by atoms with E-state index in [2.05, 4.69) is 55.6 Å². The molecule has 1 heterocycles. The smallest absolute Gasteiger partial charge is 0.237 e. The lowest BCUT2D eigenvalue weighted by molar-refractivity contribution is -0.696. The van der Waals surface area contributed by atoms with Crippen LogP contribution in [0.5, 0.6) is 0 Å². The normalized spacial score (nSPS) is 12.0. The van der Waals surface area contributed by atoms with E-state index in [4.69, 9.17) is 0 Å². The minimum atomic E-state index is 0.249. The molecule has 0 aromatic carbocycles. The maximum Gasteiger partial charge on any atom is 0.244 e. The number of rotatable bonds is 4. The lowest BCUT2D eigenvalue weighted by Gasteiger charge is -2.18. The van der Waals surface area contributed by atoms with E-state index in [0.29, 0.717) is 0 Å². The first-order valence-corrected chi connectivity index (χ1v) is 5.17. The summed E-state index contributed by atoms with van der Waals surface area (Å²) in [6.07, 6.45) is 8.88. The van der Waals surface area contributed by atoms with E-state index in [0.717, 1.165) is 13.0 Å². The fraction of sp³-hybridized carbons (Fsp3) is 0.727. The average molecular weight is 181 g/mol. The van der Waals surface area contributed by atoms with E-state index in [1.807, 2.05) is 0 Å². The number of aromatic nitrogens is 2. The molecule has 0 aliphatic heterocycles. The van der Waals surface area contributed by atoms with Crippen LogP contribution in [0.15, 0.2) is 18.7 Å². The molecule has 0 aliphatic carbocycles. The van der Waals surface area contributed by atoms with Crippen LogP contribution in [0.3, 0.4) is 0 Å². The number of hydrogen-bond acceptors (Lipinski definition) is 0. The number of imidazole rings is 1. The molecular formula is C11H21N2+. The summed E-state index contributed by atoms with van der Waals surface area (Å²) >= 11 is 0. The van der Waals surface area contributed by atoms with Gasteiger partial charge in [-0.25, -0.2) is 9.13 Å². The van der Waals surface area contributed by atoms with Gasteiger partial charge in [-0.15, -0.1) is 0 Å². The van der Waals surface area contributed by atoms with Gasteiger partial charge >= 0.3 is 0 Å². The highest BCUT2D eigenvalue weighted by Gasteiger charge is 2.22. The summed E-state index contributed by atoms with van der Waals surface area (Å²) in [5.74, 6) is 0. The molecule has 0 saturated carbocycles. The van der Waals surface area contributed by atoms with Crippen LogP contribution in [0.25, 0.3) is 0 Å². The van der Waals surface area contributed by atoms with Crippen molar-refractivity contribution in [2.45, 2.75) is 52.6 Å². The lowest BCUT2D eigenvalue weighted by atomic mass is 10.0. The van der Waals surface area contributed by atoms with Crippen molar-refractivity contribution in [1.82, 2.24) is 4.57 Å². The van der Waals surface area contributed by atoms with E-state index >= 15 is 0 Å². The van der Waals surface area contributed by atoms with Crippen LogP contribution in [-0.2, 0) is 12.1 Å². The van der Waals surface area contributed by atoms with Crippen molar-refractivity contribution in [3.05, 3.63) is 18.7 Å². The van der Waals surface area contributed by atoms with Crippen molar-refractivity contribution >= 4 is 0 Å². The summed E-state index contributed by atoms with van der Waals surface area (Å²) in [5.41, 5.74) is 0.249. The first-order valence-electron chi connectivity index (χ1n) is 5.17. The van der Waals surface area contributed by atoms with Gasteiger partial charge in [0.2, 0.25) is 6.33 Å². The molecule has 0 spiro atoms. The molecule has 1 rings (SSSR count). The van der Waals surface area contributed by atoms with Gasteiger partial charge in [-0.1, -0.05) is 13.8 Å². The largest absolute Gasteiger partial charge is 0.244 e. The summed E-state index contributed by atoms with van der Waals surface area (Å²) in [5, 5.41) is 0. The zero-order valence-electron chi connectivity index (χ0n) is 9.25. The average Bonchev–Trinajstić information content (AvgIpc) is 2.54. The van der Waals surface area contributed by atoms with Gasteiger partial charge in [0.25, 0.3) is 0 Å². The van der Waals surface area contributed by atoms with Gasteiger partial charge in [-0.05, 0) is 26.7 Å². The van der Waals surface area contributed by atoms with Crippen molar-refractivity contribution in [2.24, 2.45) is 0 Å². The molecule has 0 bridgehead atoms. The van der Waals surface area contributed by atoms with Gasteiger partial charge in [0.15, 0.2) is 0 Å². The molecule has 0 saturated heterocycles. The number of aryl methyl sites for hydroxylation is 1. The molecule has 0 aliphatic rings. The minimum Gasteiger partial charge on any atom is -0.237 e. The van der Waals surface area contributed by atoms with E-state index < -0.39 is 0 Å². The Balaban J connectivity index is 2.79. The van der Waals surface area contributed by atoms with E-state index in [-0.39, 0.29) is 5.54 Å². The Labute approximate surface area is 81.2 Å². The van der Waals surface area contributed by atoms with Crippen LogP contribution in [0.1, 0.15) is 40.5 Å². The summed E-state index contributed by atoms with van der Waals surface area (Å²) in [7, 11) is 0. The highest BCUT2D eigenvalue weighted by molar-refractivity contribution is 4.80. The first kappa shape index (κ1) is 10.3. The molecule has 0 fully saturated rings. The van der Waals surface area contributed by atoms with Crippen LogP contribution < -0.4 is 4.57 Å². The molecule has 2 heteroatoms. The van der Waals surface area contributed by atoms with Crippen LogP contribution in [0.2, 0.25) is 0 Å². The number of hydrogen-bond donors (Lipinski definition) is 0. The van der Waals surface area contributed by atoms with Gasteiger partial charge in [0.1, 0.15) is 17.9 Å². The van der Waals surface area contributed by atoms with Crippen LogP contribution in [0, 0.1) is 0 Å². The quantitative estimate of drug-likeness (QED) is 0.630. The van der Waals surface area contributed by atoms with Gasteiger partial charge in [0.05, 0.1) is 6.54 Å². The molecule has 1 aromatic heterocycles. The molecule has 0 amide bonds. The zero-order chi connectivity index (χ0) is 9.90. The second-order valence-corrected chi connectivity index (χ2v) is 4.22.